The van der Waals surface area contributed by atoms with Crippen LogP contribution in [0.15, 0.2) is 0 Å². The van der Waals surface area contributed by atoms with Crippen LogP contribution in [0, 0.1) is 24.2 Å². The number of terminal acetylenes is 1. The van der Waals surface area contributed by atoms with E-state index in [4.69, 9.17) is 6.42 Å². The Morgan fingerprint density at radius 3 is 2.69 bits per heavy atom. The van der Waals surface area contributed by atoms with Gasteiger partial charge in [0.05, 0.1) is 0 Å². The van der Waals surface area contributed by atoms with Gasteiger partial charge in [0.15, 0.2) is 0 Å². The van der Waals surface area contributed by atoms with Gasteiger partial charge in [0.25, 0.3) is 0 Å². The Labute approximate surface area is 101 Å². The Morgan fingerprint density at radius 1 is 1.38 bits per heavy atom. The van der Waals surface area contributed by atoms with Gasteiger partial charge < -0.3 is 5.32 Å². The molecule has 0 amide bonds. The van der Waals surface area contributed by atoms with E-state index in [9.17, 15) is 0 Å². The molecule has 16 heavy (non-hydrogen) atoms. The Balaban J connectivity index is 2.39. The van der Waals surface area contributed by atoms with E-state index in [2.05, 4.69) is 32.0 Å². The van der Waals surface area contributed by atoms with Crippen molar-refractivity contribution in [3.8, 4) is 12.3 Å². The molecule has 1 aliphatic carbocycles. The highest BCUT2D eigenvalue weighted by atomic mass is 14.9. The van der Waals surface area contributed by atoms with Crippen molar-refractivity contribution in [1.29, 1.82) is 0 Å². The zero-order valence-electron chi connectivity index (χ0n) is 11.1. The topological polar surface area (TPSA) is 12.0 Å². The van der Waals surface area contributed by atoms with Crippen molar-refractivity contribution >= 4 is 0 Å². The predicted octanol–water partition coefficient (Wildman–Crippen LogP) is 3.59. The van der Waals surface area contributed by atoms with E-state index in [0.29, 0.717) is 12.1 Å². The van der Waals surface area contributed by atoms with Crippen LogP contribution in [0.3, 0.4) is 0 Å². The number of hydrogen-bond donors (Lipinski definition) is 1. The van der Waals surface area contributed by atoms with Crippen molar-refractivity contribution in [2.75, 3.05) is 0 Å². The van der Waals surface area contributed by atoms with E-state index < -0.39 is 0 Å². The molecule has 1 aliphatic rings. The summed E-state index contributed by atoms with van der Waals surface area (Å²) in [6.45, 7) is 6.93. The minimum Gasteiger partial charge on any atom is -0.310 e. The van der Waals surface area contributed by atoms with Gasteiger partial charge in [-0.1, -0.05) is 33.6 Å². The van der Waals surface area contributed by atoms with Crippen molar-refractivity contribution in [3.05, 3.63) is 0 Å². The third kappa shape index (κ3) is 4.18. The maximum Gasteiger partial charge on any atom is 0.0240 e. The van der Waals surface area contributed by atoms with E-state index in [1.807, 2.05) is 0 Å². The monoisotopic (exact) mass is 221 g/mol. The van der Waals surface area contributed by atoms with Gasteiger partial charge in [0.1, 0.15) is 0 Å². The van der Waals surface area contributed by atoms with Gasteiger partial charge in [0, 0.05) is 18.5 Å². The Hall–Kier alpha value is -0.480. The molecule has 1 rings (SSSR count). The summed E-state index contributed by atoms with van der Waals surface area (Å²) in [7, 11) is 0. The molecule has 0 aliphatic heterocycles. The van der Waals surface area contributed by atoms with E-state index in [1.54, 1.807) is 0 Å². The smallest absolute Gasteiger partial charge is 0.0240 e. The lowest BCUT2D eigenvalue weighted by atomic mass is 9.79. The molecule has 3 unspecified atom stereocenters. The Morgan fingerprint density at radius 2 is 2.12 bits per heavy atom. The van der Waals surface area contributed by atoms with Crippen molar-refractivity contribution in [2.24, 2.45) is 11.8 Å². The van der Waals surface area contributed by atoms with E-state index in [-0.39, 0.29) is 0 Å². The first-order valence-corrected chi connectivity index (χ1v) is 6.86. The second-order valence-corrected chi connectivity index (χ2v) is 5.55. The second kappa shape index (κ2) is 6.97. The maximum atomic E-state index is 5.40. The lowest BCUT2D eigenvalue weighted by Crippen LogP contribution is -2.41. The summed E-state index contributed by atoms with van der Waals surface area (Å²) in [5, 5.41) is 3.75. The zero-order chi connectivity index (χ0) is 12.0. The van der Waals surface area contributed by atoms with Gasteiger partial charge >= 0.3 is 0 Å². The molecule has 0 heterocycles. The molecule has 92 valence electrons. The Bertz CT molecular complexity index is 226. The highest BCUT2D eigenvalue weighted by Crippen LogP contribution is 2.30. The zero-order valence-corrected chi connectivity index (χ0v) is 11.1. The minimum absolute atomic E-state index is 0.529. The SMILES string of the molecule is C#CCC(CC)NC1CCCC(C(C)C)C1. The van der Waals surface area contributed by atoms with Crippen LogP contribution in [0.4, 0.5) is 0 Å². The first-order chi connectivity index (χ1) is 7.67. The van der Waals surface area contributed by atoms with Crippen LogP contribution in [0.1, 0.15) is 59.3 Å². The molecule has 0 aromatic heterocycles. The normalized spacial score (nSPS) is 27.7. The van der Waals surface area contributed by atoms with E-state index in [0.717, 1.165) is 24.7 Å². The van der Waals surface area contributed by atoms with Gasteiger partial charge in [-0.05, 0) is 31.1 Å². The fourth-order valence-electron chi connectivity index (χ4n) is 2.78. The number of nitrogens with one attached hydrogen (secondary N) is 1. The molecule has 3 atom stereocenters. The number of rotatable bonds is 5. The molecule has 0 spiro atoms. The van der Waals surface area contributed by atoms with Crippen LogP contribution in [-0.4, -0.2) is 12.1 Å². The van der Waals surface area contributed by atoms with Crippen LogP contribution in [0.2, 0.25) is 0 Å². The summed E-state index contributed by atoms with van der Waals surface area (Å²) in [5.74, 6) is 4.52. The Kier molecular flexibility index (Phi) is 5.91. The van der Waals surface area contributed by atoms with Gasteiger partial charge in [-0.25, -0.2) is 0 Å². The lowest BCUT2D eigenvalue weighted by Gasteiger charge is -2.34. The van der Waals surface area contributed by atoms with Gasteiger partial charge in [-0.2, -0.15) is 0 Å². The first kappa shape index (κ1) is 13.6. The average Bonchev–Trinajstić information content (AvgIpc) is 2.29. The highest BCUT2D eigenvalue weighted by Gasteiger charge is 2.25. The molecule has 1 heteroatoms. The summed E-state index contributed by atoms with van der Waals surface area (Å²) >= 11 is 0. The number of hydrogen-bond acceptors (Lipinski definition) is 1. The average molecular weight is 221 g/mol. The molecule has 0 aromatic carbocycles. The first-order valence-electron chi connectivity index (χ1n) is 6.86. The molecule has 1 nitrogen and oxygen atoms in total. The molecule has 0 bridgehead atoms. The molecule has 1 saturated carbocycles. The summed E-state index contributed by atoms with van der Waals surface area (Å²) in [5.41, 5.74) is 0. The molecule has 0 aromatic rings. The van der Waals surface area contributed by atoms with Gasteiger partial charge in [-0.15, -0.1) is 12.3 Å². The van der Waals surface area contributed by atoms with Crippen molar-refractivity contribution < 1.29 is 0 Å². The van der Waals surface area contributed by atoms with Crippen molar-refractivity contribution in [2.45, 2.75) is 71.4 Å². The van der Waals surface area contributed by atoms with E-state index >= 15 is 0 Å². The summed E-state index contributed by atoms with van der Waals surface area (Å²) in [4.78, 5) is 0. The summed E-state index contributed by atoms with van der Waals surface area (Å²) < 4.78 is 0. The molecule has 0 radical (unpaired) electrons. The highest BCUT2D eigenvalue weighted by molar-refractivity contribution is 4.91. The maximum absolute atomic E-state index is 5.40. The predicted molar refractivity (Wildman–Crippen MR) is 71.2 cm³/mol. The minimum atomic E-state index is 0.529. The quantitative estimate of drug-likeness (QED) is 0.700. The van der Waals surface area contributed by atoms with Crippen LogP contribution in [0.5, 0.6) is 0 Å². The van der Waals surface area contributed by atoms with Gasteiger partial charge in [-0.3, -0.25) is 0 Å². The molecular weight excluding hydrogens is 194 g/mol. The van der Waals surface area contributed by atoms with Crippen LogP contribution >= 0.6 is 0 Å². The largest absolute Gasteiger partial charge is 0.310 e. The fraction of sp³-hybridized carbons (Fsp3) is 0.867. The third-order valence-corrected chi connectivity index (χ3v) is 3.99. The van der Waals surface area contributed by atoms with Crippen LogP contribution in [-0.2, 0) is 0 Å². The summed E-state index contributed by atoms with van der Waals surface area (Å²) in [6.07, 6.45) is 12.9. The lowest BCUT2D eigenvalue weighted by molar-refractivity contribution is 0.219. The molecule has 0 saturated heterocycles. The van der Waals surface area contributed by atoms with Crippen molar-refractivity contribution in [3.63, 3.8) is 0 Å². The van der Waals surface area contributed by atoms with Crippen LogP contribution in [0.25, 0.3) is 0 Å². The second-order valence-electron chi connectivity index (χ2n) is 5.55. The van der Waals surface area contributed by atoms with Crippen LogP contribution < -0.4 is 5.32 Å². The third-order valence-electron chi connectivity index (χ3n) is 3.99. The fourth-order valence-corrected chi connectivity index (χ4v) is 2.78. The molecule has 1 fully saturated rings. The van der Waals surface area contributed by atoms with Gasteiger partial charge in [0.2, 0.25) is 0 Å². The van der Waals surface area contributed by atoms with E-state index in [1.165, 1.54) is 25.7 Å². The summed E-state index contributed by atoms with van der Waals surface area (Å²) in [6, 6.07) is 1.24. The molecular formula is C15H27N. The van der Waals surface area contributed by atoms with Crippen molar-refractivity contribution in [1.82, 2.24) is 5.32 Å². The standard InChI is InChI=1S/C15H27N/c1-5-8-14(6-2)16-15-10-7-9-13(11-15)12(3)4/h1,12-16H,6-11H2,2-4H3. The molecule has 1 N–H and O–H groups in total.